The first-order valence-corrected chi connectivity index (χ1v) is 29.5. The summed E-state index contributed by atoms with van der Waals surface area (Å²) in [5, 5.41) is 23.9. The van der Waals surface area contributed by atoms with Gasteiger partial charge in [0.05, 0.1) is 25.2 Å². The minimum Gasteiger partial charge on any atom is -0.462 e. The zero-order chi connectivity index (χ0) is 49.5. The summed E-state index contributed by atoms with van der Waals surface area (Å²) in [4.78, 5) is 26.3. The molecule has 0 bridgehead atoms. The van der Waals surface area contributed by atoms with E-state index in [1.165, 1.54) is 167 Å². The number of esters is 1. The lowest BCUT2D eigenvalue weighted by atomic mass is 10.0. The van der Waals surface area contributed by atoms with Gasteiger partial charge in [-0.25, -0.2) is 0 Å². The van der Waals surface area contributed by atoms with Crippen LogP contribution in [-0.2, 0) is 14.3 Å². The van der Waals surface area contributed by atoms with Crippen molar-refractivity contribution in [3.05, 3.63) is 60.8 Å². The number of hydrogen-bond donors (Lipinski definition) is 3. The molecule has 0 fully saturated rings. The first-order valence-electron chi connectivity index (χ1n) is 29.5. The molecule has 0 saturated carbocycles. The van der Waals surface area contributed by atoms with Crippen molar-refractivity contribution in [3.63, 3.8) is 0 Å². The van der Waals surface area contributed by atoms with Crippen molar-refractivity contribution in [1.29, 1.82) is 0 Å². The van der Waals surface area contributed by atoms with Gasteiger partial charge in [-0.2, -0.15) is 0 Å². The summed E-state index contributed by atoms with van der Waals surface area (Å²) in [6, 6.07) is -0.721. The molecule has 0 aromatic carbocycles. The number of rotatable bonds is 53. The second kappa shape index (κ2) is 55.5. The van der Waals surface area contributed by atoms with E-state index in [4.69, 9.17) is 4.74 Å². The molecule has 0 aliphatic heterocycles. The maximum absolute atomic E-state index is 13.3. The Labute approximate surface area is 422 Å². The molecule has 6 nitrogen and oxygen atoms in total. The van der Waals surface area contributed by atoms with E-state index in [2.05, 4.69) is 86.8 Å². The number of aliphatic hydroxyl groups is 2. The Kier molecular flexibility index (Phi) is 53.5. The molecule has 3 atom stereocenters. The molecule has 1 amide bonds. The Morgan fingerprint density at radius 1 is 0.441 bits per heavy atom. The Hall–Kier alpha value is -2.44. The van der Waals surface area contributed by atoms with Gasteiger partial charge in [0, 0.05) is 6.42 Å². The lowest BCUT2D eigenvalue weighted by molar-refractivity contribution is -0.151. The van der Waals surface area contributed by atoms with E-state index in [1.807, 2.05) is 0 Å². The Morgan fingerprint density at radius 2 is 0.794 bits per heavy atom. The molecule has 0 aromatic heterocycles. The molecular formula is C62H113NO5. The fourth-order valence-electron chi connectivity index (χ4n) is 8.94. The Balaban J connectivity index is 4.63. The van der Waals surface area contributed by atoms with Crippen LogP contribution in [0.4, 0.5) is 0 Å². The number of amides is 1. The van der Waals surface area contributed by atoms with Gasteiger partial charge in [0.2, 0.25) is 5.91 Å². The summed E-state index contributed by atoms with van der Waals surface area (Å²) >= 11 is 0. The molecule has 0 rings (SSSR count). The molecule has 0 radical (unpaired) electrons. The quantitative estimate of drug-likeness (QED) is 0.0321. The number of aliphatic hydroxyl groups excluding tert-OH is 2. The minimum atomic E-state index is -0.804. The molecule has 396 valence electrons. The molecule has 3 N–H and O–H groups in total. The lowest BCUT2D eigenvalue weighted by Crippen LogP contribution is -2.46. The van der Waals surface area contributed by atoms with Gasteiger partial charge < -0.3 is 20.3 Å². The molecule has 0 aliphatic carbocycles. The van der Waals surface area contributed by atoms with Crippen LogP contribution in [0.3, 0.4) is 0 Å². The van der Waals surface area contributed by atoms with E-state index in [1.54, 1.807) is 0 Å². The number of ether oxygens (including phenoxy) is 1. The van der Waals surface area contributed by atoms with Crippen LogP contribution in [0.15, 0.2) is 60.8 Å². The van der Waals surface area contributed by atoms with Gasteiger partial charge in [0.1, 0.15) is 6.10 Å². The first-order chi connectivity index (χ1) is 33.5. The highest BCUT2D eigenvalue weighted by atomic mass is 16.5. The molecule has 0 heterocycles. The maximum atomic E-state index is 13.3. The molecule has 6 heteroatoms. The van der Waals surface area contributed by atoms with Gasteiger partial charge in [-0.3, -0.25) is 9.59 Å². The number of unbranched alkanes of at least 4 members (excludes halogenated alkanes) is 31. The second-order valence-electron chi connectivity index (χ2n) is 20.0. The zero-order valence-electron chi connectivity index (χ0n) is 45.2. The number of hydrogen-bond acceptors (Lipinski definition) is 5. The summed E-state index contributed by atoms with van der Waals surface area (Å²) in [6.45, 7) is 6.39. The second-order valence-corrected chi connectivity index (χ2v) is 20.0. The van der Waals surface area contributed by atoms with E-state index in [0.717, 1.165) is 83.5 Å². The van der Waals surface area contributed by atoms with Crippen molar-refractivity contribution in [3.8, 4) is 0 Å². The van der Waals surface area contributed by atoms with E-state index in [0.29, 0.717) is 19.3 Å². The maximum Gasteiger partial charge on any atom is 0.306 e. The topological polar surface area (TPSA) is 95.9 Å². The third-order valence-corrected chi connectivity index (χ3v) is 13.4. The lowest BCUT2D eigenvalue weighted by Gasteiger charge is -2.24. The van der Waals surface area contributed by atoms with Crippen LogP contribution >= 0.6 is 0 Å². The fraction of sp³-hybridized carbons (Fsp3) is 0.806. The smallest absolute Gasteiger partial charge is 0.306 e. The summed E-state index contributed by atoms with van der Waals surface area (Å²) in [7, 11) is 0. The molecule has 0 spiro atoms. The Bertz CT molecular complexity index is 1210. The van der Waals surface area contributed by atoms with E-state index >= 15 is 0 Å². The van der Waals surface area contributed by atoms with Crippen molar-refractivity contribution in [2.45, 2.75) is 315 Å². The van der Waals surface area contributed by atoms with Crippen molar-refractivity contribution in [1.82, 2.24) is 5.32 Å². The third kappa shape index (κ3) is 50.0. The van der Waals surface area contributed by atoms with Crippen molar-refractivity contribution in [2.24, 2.45) is 0 Å². The summed E-state index contributed by atoms with van der Waals surface area (Å²) in [5.41, 5.74) is 0. The van der Waals surface area contributed by atoms with Crippen LogP contribution in [0.5, 0.6) is 0 Å². The predicted molar refractivity (Wildman–Crippen MR) is 296 cm³/mol. The minimum absolute atomic E-state index is 0.0403. The van der Waals surface area contributed by atoms with Crippen LogP contribution in [0.1, 0.15) is 297 Å². The molecule has 68 heavy (non-hydrogen) atoms. The predicted octanol–water partition coefficient (Wildman–Crippen LogP) is 18.4. The number of nitrogens with one attached hydrogen (secondary N) is 1. The fourth-order valence-corrected chi connectivity index (χ4v) is 8.94. The van der Waals surface area contributed by atoms with Gasteiger partial charge in [-0.15, -0.1) is 0 Å². The van der Waals surface area contributed by atoms with Crippen LogP contribution in [0.25, 0.3) is 0 Å². The van der Waals surface area contributed by atoms with Crippen LogP contribution < -0.4 is 5.32 Å². The first kappa shape index (κ1) is 65.6. The molecule has 0 aromatic rings. The zero-order valence-corrected chi connectivity index (χ0v) is 45.2. The van der Waals surface area contributed by atoms with Crippen molar-refractivity contribution in [2.75, 3.05) is 6.61 Å². The number of carbonyl (C=O) groups excluding carboxylic acids is 2. The van der Waals surface area contributed by atoms with Gasteiger partial charge in [0.15, 0.2) is 0 Å². The Morgan fingerprint density at radius 3 is 1.18 bits per heavy atom. The number of allylic oxidation sites excluding steroid dienone is 10. The molecular weight excluding hydrogens is 839 g/mol. The van der Waals surface area contributed by atoms with Gasteiger partial charge >= 0.3 is 5.97 Å². The highest BCUT2D eigenvalue weighted by Crippen LogP contribution is 2.18. The van der Waals surface area contributed by atoms with Gasteiger partial charge in [0.25, 0.3) is 0 Å². The average molecular weight is 953 g/mol. The average Bonchev–Trinajstić information content (AvgIpc) is 3.33. The monoisotopic (exact) mass is 952 g/mol. The van der Waals surface area contributed by atoms with Gasteiger partial charge in [-0.05, 0) is 64.2 Å². The van der Waals surface area contributed by atoms with E-state index in [9.17, 15) is 19.8 Å². The number of carbonyl (C=O) groups is 2. The summed E-state index contributed by atoms with van der Waals surface area (Å²) in [6.07, 6.45) is 70.1. The third-order valence-electron chi connectivity index (χ3n) is 13.4. The standard InChI is InChI=1S/C62H113NO5/c1-4-7-10-13-16-19-22-25-28-30-33-35-38-41-44-47-50-53-58(68-62(67)55-52-49-46-43-40-37-34-31-29-26-23-20-17-14-11-8-5-2)56-61(66)63-59(57-64)60(65)54-51-48-45-42-39-36-32-27-24-21-18-15-12-9-6-3/h7,10,16,19,25,28,33,35,41,44,58-60,64-65H,4-6,8-9,11-15,17-18,20-24,26-27,29-32,34,36-40,42-43,45-57H2,1-3H3,(H,63,66)/b10-7-,19-16-,28-25-,35-33-,44-41-. The van der Waals surface area contributed by atoms with Crippen LogP contribution in [0, 0.1) is 0 Å². The highest BCUT2D eigenvalue weighted by Gasteiger charge is 2.24. The van der Waals surface area contributed by atoms with E-state index < -0.39 is 18.2 Å². The van der Waals surface area contributed by atoms with E-state index in [-0.39, 0.29) is 24.9 Å². The highest BCUT2D eigenvalue weighted by molar-refractivity contribution is 5.77. The SMILES string of the molecule is CC/C=C\C/C=C\C/C=C\C/C=C\C/C=C\CCCC(CC(=O)NC(CO)C(O)CCCCCCCCCCCCCCCCC)OC(=O)CCCCCCCCCCCCCCCCCCC. The van der Waals surface area contributed by atoms with Crippen LogP contribution in [0.2, 0.25) is 0 Å². The molecule has 0 aliphatic rings. The summed E-state index contributed by atoms with van der Waals surface area (Å²) in [5.74, 6) is -0.518. The molecule has 0 saturated heterocycles. The summed E-state index contributed by atoms with van der Waals surface area (Å²) < 4.78 is 5.94. The van der Waals surface area contributed by atoms with Crippen LogP contribution in [-0.4, -0.2) is 46.9 Å². The normalized spacial score (nSPS) is 13.5. The largest absolute Gasteiger partial charge is 0.462 e. The van der Waals surface area contributed by atoms with Gasteiger partial charge in [-0.1, -0.05) is 281 Å². The molecule has 3 unspecified atom stereocenters. The van der Waals surface area contributed by atoms with Crippen molar-refractivity contribution >= 4 is 11.9 Å². The van der Waals surface area contributed by atoms with Crippen molar-refractivity contribution < 1.29 is 24.5 Å².